The highest BCUT2D eigenvalue weighted by Gasteiger charge is 2.33. The predicted octanol–water partition coefficient (Wildman–Crippen LogP) is 4.38. The Morgan fingerprint density at radius 3 is 1.11 bits per heavy atom. The number of carboxylic acid groups (broad SMARTS) is 3. The SMILES string of the molecule is CC(C)Cc1c(CC(C)C)c(C(=O)O)c(C(=O)O)c(CC(C)C)c1C(=O)O. The van der Waals surface area contributed by atoms with Crippen molar-refractivity contribution in [1.29, 1.82) is 0 Å². The van der Waals surface area contributed by atoms with E-state index in [1.165, 1.54) is 0 Å². The molecule has 0 bridgehead atoms. The highest BCUT2D eigenvalue weighted by Crippen LogP contribution is 2.34. The van der Waals surface area contributed by atoms with Gasteiger partial charge >= 0.3 is 17.9 Å². The monoisotopic (exact) mass is 378 g/mol. The topological polar surface area (TPSA) is 112 Å². The Hall–Kier alpha value is -2.37. The fourth-order valence-electron chi connectivity index (χ4n) is 3.52. The fourth-order valence-corrected chi connectivity index (χ4v) is 3.52. The molecule has 0 aliphatic rings. The Morgan fingerprint density at radius 2 is 0.815 bits per heavy atom. The fraction of sp³-hybridized carbons (Fsp3) is 0.571. The minimum absolute atomic E-state index is 0.0225. The van der Waals surface area contributed by atoms with Gasteiger partial charge in [-0.1, -0.05) is 41.5 Å². The second-order valence-electron chi connectivity index (χ2n) is 8.27. The van der Waals surface area contributed by atoms with Crippen molar-refractivity contribution in [2.45, 2.75) is 60.8 Å². The summed E-state index contributed by atoms with van der Waals surface area (Å²) >= 11 is 0. The Morgan fingerprint density at radius 1 is 0.556 bits per heavy atom. The summed E-state index contributed by atoms with van der Waals surface area (Å²) in [6.45, 7) is 11.3. The molecule has 0 radical (unpaired) electrons. The molecule has 0 aromatic heterocycles. The molecule has 1 aromatic rings. The summed E-state index contributed by atoms with van der Waals surface area (Å²) in [5.74, 6) is -3.80. The van der Waals surface area contributed by atoms with Crippen LogP contribution in [0.1, 0.15) is 89.3 Å². The van der Waals surface area contributed by atoms with Gasteiger partial charge in [-0.25, -0.2) is 14.4 Å². The molecule has 0 heterocycles. The molecule has 0 fully saturated rings. The molecule has 0 unspecified atom stereocenters. The van der Waals surface area contributed by atoms with Crippen molar-refractivity contribution in [3.05, 3.63) is 33.4 Å². The number of carboxylic acids is 3. The average molecular weight is 378 g/mol. The van der Waals surface area contributed by atoms with E-state index in [1.807, 2.05) is 41.5 Å². The molecule has 150 valence electrons. The van der Waals surface area contributed by atoms with Crippen LogP contribution in [-0.2, 0) is 19.3 Å². The van der Waals surface area contributed by atoms with Crippen molar-refractivity contribution in [2.75, 3.05) is 0 Å². The number of benzene rings is 1. The molecule has 6 heteroatoms. The summed E-state index contributed by atoms with van der Waals surface area (Å²) in [7, 11) is 0. The van der Waals surface area contributed by atoms with E-state index in [9.17, 15) is 29.7 Å². The molecule has 0 atom stereocenters. The lowest BCUT2D eigenvalue weighted by molar-refractivity contribution is 0.0645. The zero-order valence-electron chi connectivity index (χ0n) is 16.9. The quantitative estimate of drug-likeness (QED) is 0.588. The summed E-state index contributed by atoms with van der Waals surface area (Å²) in [5, 5.41) is 29.6. The summed E-state index contributed by atoms with van der Waals surface area (Å²) in [5.41, 5.74) is 0.253. The summed E-state index contributed by atoms with van der Waals surface area (Å²) in [6.07, 6.45) is 0.887. The van der Waals surface area contributed by atoms with E-state index >= 15 is 0 Å². The molecule has 27 heavy (non-hydrogen) atoms. The molecule has 0 saturated carbocycles. The molecule has 0 spiro atoms. The first-order valence-corrected chi connectivity index (χ1v) is 9.28. The average Bonchev–Trinajstić information content (AvgIpc) is 2.46. The maximum absolute atomic E-state index is 12.2. The third kappa shape index (κ3) is 5.31. The van der Waals surface area contributed by atoms with Crippen LogP contribution in [0.5, 0.6) is 0 Å². The van der Waals surface area contributed by atoms with Crippen molar-refractivity contribution in [2.24, 2.45) is 17.8 Å². The second-order valence-corrected chi connectivity index (χ2v) is 8.27. The minimum Gasteiger partial charge on any atom is -0.478 e. The van der Waals surface area contributed by atoms with Gasteiger partial charge in [-0.2, -0.15) is 0 Å². The van der Waals surface area contributed by atoms with Crippen molar-refractivity contribution in [1.82, 2.24) is 0 Å². The first kappa shape index (κ1) is 22.7. The third-order valence-corrected chi connectivity index (χ3v) is 4.30. The van der Waals surface area contributed by atoms with Gasteiger partial charge in [0.15, 0.2) is 0 Å². The Balaban J connectivity index is 4.19. The van der Waals surface area contributed by atoms with Crippen molar-refractivity contribution in [3.63, 3.8) is 0 Å². The molecule has 1 rings (SSSR count). The van der Waals surface area contributed by atoms with Crippen molar-refractivity contribution in [3.8, 4) is 0 Å². The Bertz CT molecular complexity index is 744. The summed E-state index contributed by atoms with van der Waals surface area (Å²) in [4.78, 5) is 36.3. The van der Waals surface area contributed by atoms with E-state index in [1.54, 1.807) is 0 Å². The molecular formula is C21H30O6. The van der Waals surface area contributed by atoms with E-state index in [-0.39, 0.29) is 46.4 Å². The normalized spacial score (nSPS) is 11.4. The number of carbonyl (C=O) groups is 3. The number of hydrogen-bond donors (Lipinski definition) is 3. The highest BCUT2D eigenvalue weighted by molar-refractivity contribution is 6.07. The maximum atomic E-state index is 12.2. The summed E-state index contributed by atoms with van der Waals surface area (Å²) < 4.78 is 0. The van der Waals surface area contributed by atoms with Crippen LogP contribution in [0.15, 0.2) is 0 Å². The third-order valence-electron chi connectivity index (χ3n) is 4.30. The molecule has 0 aliphatic heterocycles. The van der Waals surface area contributed by atoms with Crippen LogP contribution in [0.3, 0.4) is 0 Å². The van der Waals surface area contributed by atoms with E-state index in [0.717, 1.165) is 0 Å². The van der Waals surface area contributed by atoms with E-state index in [2.05, 4.69) is 0 Å². The minimum atomic E-state index is -1.40. The van der Waals surface area contributed by atoms with Gasteiger partial charge in [0.1, 0.15) is 0 Å². The standard InChI is InChI=1S/C21H30O6/c1-10(2)7-13-14(8-11(3)4)17(20(24)25)18(21(26)27)15(9-12(5)6)16(13)19(22)23/h10-12H,7-9H2,1-6H3,(H,22,23)(H,24,25)(H,26,27). The van der Waals surface area contributed by atoms with Crippen LogP contribution < -0.4 is 0 Å². The Kier molecular flexibility index (Phi) is 7.57. The molecule has 3 N–H and O–H groups in total. The zero-order valence-corrected chi connectivity index (χ0v) is 16.9. The van der Waals surface area contributed by atoms with Crippen LogP contribution in [-0.4, -0.2) is 33.2 Å². The van der Waals surface area contributed by atoms with Crippen molar-refractivity contribution < 1.29 is 29.7 Å². The van der Waals surface area contributed by atoms with Crippen LogP contribution in [0, 0.1) is 17.8 Å². The van der Waals surface area contributed by atoms with Gasteiger partial charge in [-0.05, 0) is 53.7 Å². The van der Waals surface area contributed by atoms with E-state index in [4.69, 9.17) is 0 Å². The van der Waals surface area contributed by atoms with Gasteiger partial charge in [0.25, 0.3) is 0 Å². The number of rotatable bonds is 9. The van der Waals surface area contributed by atoms with Gasteiger partial charge in [0.05, 0.1) is 16.7 Å². The highest BCUT2D eigenvalue weighted by atomic mass is 16.4. The predicted molar refractivity (Wildman–Crippen MR) is 103 cm³/mol. The van der Waals surface area contributed by atoms with Crippen molar-refractivity contribution >= 4 is 17.9 Å². The van der Waals surface area contributed by atoms with E-state index < -0.39 is 17.9 Å². The lowest BCUT2D eigenvalue weighted by Crippen LogP contribution is -2.24. The lowest BCUT2D eigenvalue weighted by Gasteiger charge is -2.24. The van der Waals surface area contributed by atoms with Crippen LogP contribution in [0.25, 0.3) is 0 Å². The second kappa shape index (κ2) is 9.02. The summed E-state index contributed by atoms with van der Waals surface area (Å²) in [6, 6.07) is 0. The smallest absolute Gasteiger partial charge is 0.336 e. The molecule has 0 aliphatic carbocycles. The molecule has 0 saturated heterocycles. The first-order chi connectivity index (χ1) is 12.4. The molecule has 1 aromatic carbocycles. The van der Waals surface area contributed by atoms with Crippen LogP contribution >= 0.6 is 0 Å². The van der Waals surface area contributed by atoms with Gasteiger partial charge in [-0.3, -0.25) is 0 Å². The van der Waals surface area contributed by atoms with Gasteiger partial charge in [-0.15, -0.1) is 0 Å². The van der Waals surface area contributed by atoms with Gasteiger partial charge in [0, 0.05) is 0 Å². The molecule has 0 amide bonds. The van der Waals surface area contributed by atoms with Gasteiger partial charge in [0.2, 0.25) is 0 Å². The van der Waals surface area contributed by atoms with Gasteiger partial charge < -0.3 is 15.3 Å². The maximum Gasteiger partial charge on any atom is 0.336 e. The lowest BCUT2D eigenvalue weighted by atomic mass is 9.78. The number of aromatic carboxylic acids is 3. The molecule has 6 nitrogen and oxygen atoms in total. The zero-order chi connectivity index (χ0) is 21.0. The Labute approximate surface area is 160 Å². The first-order valence-electron chi connectivity index (χ1n) is 9.28. The van der Waals surface area contributed by atoms with Crippen LogP contribution in [0.4, 0.5) is 0 Å². The van der Waals surface area contributed by atoms with Crippen LogP contribution in [0.2, 0.25) is 0 Å². The largest absolute Gasteiger partial charge is 0.478 e. The number of hydrogen-bond acceptors (Lipinski definition) is 3. The van der Waals surface area contributed by atoms with E-state index in [0.29, 0.717) is 24.0 Å². The molecular weight excluding hydrogens is 348 g/mol.